The van der Waals surface area contributed by atoms with Gasteiger partial charge >= 0.3 is 0 Å². The number of amides is 1. The van der Waals surface area contributed by atoms with Crippen molar-refractivity contribution in [2.75, 3.05) is 23.3 Å². The lowest BCUT2D eigenvalue weighted by Gasteiger charge is -2.46. The molecule has 146 valence electrons. The number of carbonyl (C=O) groups is 1. The van der Waals surface area contributed by atoms with E-state index in [1.54, 1.807) is 0 Å². The Labute approximate surface area is 179 Å². The van der Waals surface area contributed by atoms with E-state index in [1.807, 2.05) is 24.3 Å². The maximum atomic E-state index is 13.2. The first-order valence-corrected chi connectivity index (χ1v) is 11.3. The van der Waals surface area contributed by atoms with Crippen LogP contribution in [0.1, 0.15) is 46.2 Å². The predicted molar refractivity (Wildman–Crippen MR) is 121 cm³/mol. The summed E-state index contributed by atoms with van der Waals surface area (Å²) in [7, 11) is 0. The Morgan fingerprint density at radius 2 is 1.52 bits per heavy atom. The zero-order valence-electron chi connectivity index (χ0n) is 16.1. The average Bonchev–Trinajstić information content (AvgIpc) is 3.39. The highest BCUT2D eigenvalue weighted by molar-refractivity contribution is 9.10. The SMILES string of the molecule is O=C(Nc1ccc(Br)cc1)c1cc2c3c(c1)[C@H]1C=CC[C@H]1CN3C[C@H]1CC=C[C@H]21. The van der Waals surface area contributed by atoms with Gasteiger partial charge in [0.2, 0.25) is 0 Å². The van der Waals surface area contributed by atoms with Gasteiger partial charge in [0.1, 0.15) is 0 Å². The van der Waals surface area contributed by atoms with Gasteiger partial charge in [-0.3, -0.25) is 4.79 Å². The summed E-state index contributed by atoms with van der Waals surface area (Å²) in [6, 6.07) is 12.1. The quantitative estimate of drug-likeness (QED) is 0.586. The molecule has 0 fully saturated rings. The molecule has 0 saturated heterocycles. The lowest BCUT2D eigenvalue weighted by atomic mass is 9.74. The number of carbonyl (C=O) groups excluding carboxylic acids is 1. The third-order valence-electron chi connectivity index (χ3n) is 7.06. The summed E-state index contributed by atoms with van der Waals surface area (Å²) in [5.41, 5.74) is 5.72. The fraction of sp³-hybridized carbons (Fsp3) is 0.320. The Hall–Kier alpha value is -2.33. The van der Waals surface area contributed by atoms with Crippen molar-refractivity contribution in [2.45, 2.75) is 24.7 Å². The number of allylic oxidation sites excluding steroid dienone is 4. The molecule has 2 heterocycles. The second-order valence-corrected chi connectivity index (χ2v) is 9.68. The van der Waals surface area contributed by atoms with Crippen LogP contribution in [0.5, 0.6) is 0 Å². The normalized spacial score (nSPS) is 28.1. The van der Waals surface area contributed by atoms with Gasteiger partial charge in [-0.15, -0.1) is 0 Å². The summed E-state index contributed by atoms with van der Waals surface area (Å²) >= 11 is 3.45. The first kappa shape index (κ1) is 17.5. The lowest BCUT2D eigenvalue weighted by molar-refractivity contribution is 0.102. The third-order valence-corrected chi connectivity index (χ3v) is 7.59. The van der Waals surface area contributed by atoms with Gasteiger partial charge in [-0.05, 0) is 72.2 Å². The van der Waals surface area contributed by atoms with Crippen LogP contribution < -0.4 is 10.2 Å². The van der Waals surface area contributed by atoms with Crippen molar-refractivity contribution in [2.24, 2.45) is 11.8 Å². The van der Waals surface area contributed by atoms with Crippen molar-refractivity contribution in [3.05, 3.63) is 81.9 Å². The van der Waals surface area contributed by atoms with E-state index in [2.05, 4.69) is 62.6 Å². The van der Waals surface area contributed by atoms with Gasteiger partial charge in [0.05, 0.1) is 0 Å². The maximum Gasteiger partial charge on any atom is 0.255 e. The monoisotopic (exact) mass is 446 g/mol. The Morgan fingerprint density at radius 3 is 2.10 bits per heavy atom. The number of fused-ring (bicyclic) bond motifs is 4. The Bertz CT molecular complexity index is 1000. The highest BCUT2D eigenvalue weighted by Crippen LogP contribution is 2.53. The summed E-state index contributed by atoms with van der Waals surface area (Å²) in [6.45, 7) is 2.29. The molecule has 4 aliphatic rings. The largest absolute Gasteiger partial charge is 0.370 e. The molecule has 1 amide bonds. The molecule has 6 rings (SSSR count). The fourth-order valence-electron chi connectivity index (χ4n) is 5.74. The lowest BCUT2D eigenvalue weighted by Crippen LogP contribution is -2.43. The average molecular weight is 447 g/mol. The van der Waals surface area contributed by atoms with Crippen LogP contribution in [-0.4, -0.2) is 19.0 Å². The molecular weight excluding hydrogens is 424 g/mol. The van der Waals surface area contributed by atoms with Crippen molar-refractivity contribution in [1.29, 1.82) is 0 Å². The molecule has 1 N–H and O–H groups in total. The second kappa shape index (κ2) is 6.60. The van der Waals surface area contributed by atoms with Crippen molar-refractivity contribution >= 4 is 33.2 Å². The van der Waals surface area contributed by atoms with Crippen LogP contribution in [0.2, 0.25) is 0 Å². The smallest absolute Gasteiger partial charge is 0.255 e. The summed E-state index contributed by atoms with van der Waals surface area (Å²) in [5, 5.41) is 3.08. The number of halogens is 1. The number of hydrogen-bond acceptors (Lipinski definition) is 2. The van der Waals surface area contributed by atoms with E-state index in [0.29, 0.717) is 23.7 Å². The van der Waals surface area contributed by atoms with Crippen LogP contribution in [0.25, 0.3) is 0 Å². The third kappa shape index (κ3) is 2.80. The van der Waals surface area contributed by atoms with Crippen LogP contribution >= 0.6 is 15.9 Å². The summed E-state index contributed by atoms with van der Waals surface area (Å²) in [4.78, 5) is 15.8. The minimum absolute atomic E-state index is 0.0221. The van der Waals surface area contributed by atoms with Gasteiger partial charge in [0.15, 0.2) is 0 Å². The van der Waals surface area contributed by atoms with Crippen molar-refractivity contribution in [3.8, 4) is 0 Å². The molecule has 4 heteroatoms. The number of hydrogen-bond donors (Lipinski definition) is 1. The van der Waals surface area contributed by atoms with Gasteiger partial charge in [-0.25, -0.2) is 0 Å². The molecule has 2 aromatic rings. The van der Waals surface area contributed by atoms with E-state index in [0.717, 1.165) is 41.7 Å². The van der Waals surface area contributed by atoms with Crippen LogP contribution in [0.15, 0.2) is 65.2 Å². The summed E-state index contributed by atoms with van der Waals surface area (Å²) < 4.78 is 1.01. The number of nitrogens with one attached hydrogen (secondary N) is 1. The number of anilines is 2. The molecule has 3 nitrogen and oxygen atoms in total. The predicted octanol–water partition coefficient (Wildman–Crippen LogP) is 5.85. The zero-order chi connectivity index (χ0) is 19.5. The molecule has 0 bridgehead atoms. The second-order valence-electron chi connectivity index (χ2n) is 8.77. The molecule has 2 aliphatic carbocycles. The Balaban J connectivity index is 1.44. The molecule has 0 spiro atoms. The van der Waals surface area contributed by atoms with E-state index < -0.39 is 0 Å². The molecule has 0 unspecified atom stereocenters. The number of benzene rings is 2. The first-order chi connectivity index (χ1) is 14.2. The number of rotatable bonds is 2. The topological polar surface area (TPSA) is 32.3 Å². The zero-order valence-corrected chi connectivity index (χ0v) is 17.7. The number of nitrogens with zero attached hydrogens (tertiary/aromatic N) is 1. The minimum atomic E-state index is -0.0221. The van der Waals surface area contributed by atoms with Crippen molar-refractivity contribution < 1.29 is 4.79 Å². The van der Waals surface area contributed by atoms with Crippen molar-refractivity contribution in [3.63, 3.8) is 0 Å². The van der Waals surface area contributed by atoms with Crippen LogP contribution in [0.3, 0.4) is 0 Å². The van der Waals surface area contributed by atoms with Crippen molar-refractivity contribution in [1.82, 2.24) is 0 Å². The van der Waals surface area contributed by atoms with E-state index in [1.165, 1.54) is 16.8 Å². The van der Waals surface area contributed by atoms with Gasteiger partial charge in [0.25, 0.3) is 5.91 Å². The standard InChI is InChI=1S/C25H23BrN2O/c26-18-7-9-19(10-8-18)27-25(29)17-11-22-20-5-1-3-15(20)13-28-14-16-4-2-6-21(16)23(12-17)24(22)28/h1-2,5-12,15-16,20-21H,3-4,13-14H2,(H,27,29)/t15-,16+,20-,21-/m0/s1. The van der Waals surface area contributed by atoms with E-state index in [-0.39, 0.29) is 5.91 Å². The Morgan fingerprint density at radius 1 is 0.931 bits per heavy atom. The first-order valence-electron chi connectivity index (χ1n) is 10.5. The molecule has 0 saturated carbocycles. The summed E-state index contributed by atoms with van der Waals surface area (Å²) in [5.74, 6) is 2.16. The minimum Gasteiger partial charge on any atom is -0.370 e. The molecule has 0 radical (unpaired) electrons. The van der Waals surface area contributed by atoms with Gasteiger partial charge in [0, 0.05) is 46.3 Å². The molecule has 4 atom stereocenters. The van der Waals surface area contributed by atoms with Gasteiger partial charge < -0.3 is 10.2 Å². The molecule has 2 aliphatic heterocycles. The van der Waals surface area contributed by atoms with Crippen LogP contribution in [0.4, 0.5) is 11.4 Å². The Kier molecular flexibility index (Phi) is 3.98. The van der Waals surface area contributed by atoms with E-state index in [9.17, 15) is 4.79 Å². The fourth-order valence-corrected chi connectivity index (χ4v) is 6.01. The van der Waals surface area contributed by atoms with Crippen LogP contribution in [-0.2, 0) is 0 Å². The highest BCUT2D eigenvalue weighted by atomic mass is 79.9. The maximum absolute atomic E-state index is 13.2. The molecule has 0 aromatic heterocycles. The van der Waals surface area contributed by atoms with E-state index >= 15 is 0 Å². The molecular formula is C25H23BrN2O. The van der Waals surface area contributed by atoms with Gasteiger partial charge in [-0.2, -0.15) is 0 Å². The molecule has 2 aromatic carbocycles. The van der Waals surface area contributed by atoms with Gasteiger partial charge in [-0.1, -0.05) is 40.2 Å². The van der Waals surface area contributed by atoms with Crippen LogP contribution in [0, 0.1) is 11.8 Å². The summed E-state index contributed by atoms with van der Waals surface area (Å²) in [6.07, 6.45) is 11.7. The highest BCUT2D eigenvalue weighted by Gasteiger charge is 2.42. The molecule has 29 heavy (non-hydrogen) atoms. The van der Waals surface area contributed by atoms with E-state index in [4.69, 9.17) is 0 Å².